The minimum Gasteiger partial charge on any atom is -0.346 e. The van der Waals surface area contributed by atoms with Gasteiger partial charge in [-0.1, -0.05) is 72.8 Å². The van der Waals surface area contributed by atoms with E-state index in [2.05, 4.69) is 57.6 Å². The standard InChI is InChI=1S/C27H31N3O/c1-22(25-10-6-3-7-11-25)28-27(31)26-14-12-24(13-15-26)21-30-18-16-29(17-19-30)20-23-8-4-2-5-9-23/h2-15,22H,16-21H2,1H3,(H,28,31). The molecule has 0 bridgehead atoms. The third-order valence-electron chi connectivity index (χ3n) is 5.98. The smallest absolute Gasteiger partial charge is 0.251 e. The van der Waals surface area contributed by atoms with Gasteiger partial charge in [-0.15, -0.1) is 0 Å². The van der Waals surface area contributed by atoms with Crippen molar-refractivity contribution in [1.82, 2.24) is 15.1 Å². The van der Waals surface area contributed by atoms with Crippen molar-refractivity contribution in [2.24, 2.45) is 0 Å². The van der Waals surface area contributed by atoms with Gasteiger partial charge < -0.3 is 5.32 Å². The van der Waals surface area contributed by atoms with Crippen LogP contribution in [0.5, 0.6) is 0 Å². The van der Waals surface area contributed by atoms with Crippen molar-refractivity contribution in [3.05, 3.63) is 107 Å². The van der Waals surface area contributed by atoms with Crippen molar-refractivity contribution in [2.45, 2.75) is 26.1 Å². The summed E-state index contributed by atoms with van der Waals surface area (Å²) in [5, 5.41) is 3.08. The molecule has 0 saturated carbocycles. The molecule has 0 radical (unpaired) electrons. The molecular weight excluding hydrogens is 382 g/mol. The molecule has 4 nitrogen and oxygen atoms in total. The monoisotopic (exact) mass is 413 g/mol. The van der Waals surface area contributed by atoms with E-state index in [4.69, 9.17) is 0 Å². The third-order valence-corrected chi connectivity index (χ3v) is 5.98. The average molecular weight is 414 g/mol. The Balaban J connectivity index is 1.25. The van der Waals surface area contributed by atoms with Gasteiger partial charge in [-0.25, -0.2) is 0 Å². The van der Waals surface area contributed by atoms with Crippen LogP contribution >= 0.6 is 0 Å². The lowest BCUT2D eigenvalue weighted by Gasteiger charge is -2.34. The molecule has 1 N–H and O–H groups in total. The number of benzene rings is 3. The van der Waals surface area contributed by atoms with Crippen molar-refractivity contribution in [1.29, 1.82) is 0 Å². The van der Waals surface area contributed by atoms with Crippen LogP contribution in [-0.2, 0) is 13.1 Å². The Morgan fingerprint density at radius 3 is 1.77 bits per heavy atom. The average Bonchev–Trinajstić information content (AvgIpc) is 2.82. The van der Waals surface area contributed by atoms with Gasteiger partial charge in [0.05, 0.1) is 6.04 Å². The first-order chi connectivity index (χ1) is 15.2. The van der Waals surface area contributed by atoms with E-state index in [-0.39, 0.29) is 11.9 Å². The number of piperazine rings is 1. The highest BCUT2D eigenvalue weighted by Crippen LogP contribution is 2.15. The van der Waals surface area contributed by atoms with E-state index < -0.39 is 0 Å². The van der Waals surface area contributed by atoms with Crippen molar-refractivity contribution >= 4 is 5.91 Å². The van der Waals surface area contributed by atoms with Gasteiger partial charge in [0.15, 0.2) is 0 Å². The molecule has 0 aromatic heterocycles. The molecule has 0 aliphatic carbocycles. The zero-order valence-electron chi connectivity index (χ0n) is 18.2. The first kappa shape index (κ1) is 21.3. The van der Waals surface area contributed by atoms with E-state index in [1.54, 1.807) is 0 Å². The number of nitrogens with zero attached hydrogens (tertiary/aromatic N) is 2. The Morgan fingerprint density at radius 2 is 1.23 bits per heavy atom. The molecule has 31 heavy (non-hydrogen) atoms. The highest BCUT2D eigenvalue weighted by atomic mass is 16.1. The number of carbonyl (C=O) groups is 1. The Hall–Kier alpha value is -2.95. The van der Waals surface area contributed by atoms with Crippen LogP contribution in [0.2, 0.25) is 0 Å². The fourth-order valence-corrected chi connectivity index (χ4v) is 4.07. The number of nitrogens with one attached hydrogen (secondary N) is 1. The SMILES string of the molecule is CC(NC(=O)c1ccc(CN2CCN(Cc3ccccc3)CC2)cc1)c1ccccc1. The van der Waals surface area contributed by atoms with Crippen LogP contribution in [0.3, 0.4) is 0 Å². The molecule has 3 aromatic carbocycles. The quantitative estimate of drug-likeness (QED) is 0.620. The first-order valence-corrected chi connectivity index (χ1v) is 11.1. The van der Waals surface area contributed by atoms with Crippen LogP contribution in [0.25, 0.3) is 0 Å². The summed E-state index contributed by atoms with van der Waals surface area (Å²) >= 11 is 0. The lowest BCUT2D eigenvalue weighted by molar-refractivity contribution is 0.0940. The molecule has 1 unspecified atom stereocenters. The maximum Gasteiger partial charge on any atom is 0.251 e. The predicted molar refractivity (Wildman–Crippen MR) is 126 cm³/mol. The van der Waals surface area contributed by atoms with Gasteiger partial charge in [-0.3, -0.25) is 14.6 Å². The third kappa shape index (κ3) is 6.03. The topological polar surface area (TPSA) is 35.6 Å². The summed E-state index contributed by atoms with van der Waals surface area (Å²) in [6, 6.07) is 28.8. The molecule has 1 atom stereocenters. The summed E-state index contributed by atoms with van der Waals surface area (Å²) in [5.74, 6) is -0.0302. The van der Waals surface area contributed by atoms with Crippen molar-refractivity contribution < 1.29 is 4.79 Å². The fraction of sp³-hybridized carbons (Fsp3) is 0.296. The van der Waals surface area contributed by atoms with E-state index >= 15 is 0 Å². The lowest BCUT2D eigenvalue weighted by Crippen LogP contribution is -2.45. The normalized spacial score (nSPS) is 16.0. The van der Waals surface area contributed by atoms with Gasteiger partial charge in [0.1, 0.15) is 0 Å². The minimum absolute atomic E-state index is 0.0134. The van der Waals surface area contributed by atoms with Crippen LogP contribution in [0.4, 0.5) is 0 Å². The Bertz CT molecular complexity index is 949. The summed E-state index contributed by atoms with van der Waals surface area (Å²) in [5.41, 5.74) is 4.45. The molecule has 0 spiro atoms. The summed E-state index contributed by atoms with van der Waals surface area (Å²) in [6.45, 7) is 8.30. The Morgan fingerprint density at radius 1 is 0.742 bits per heavy atom. The summed E-state index contributed by atoms with van der Waals surface area (Å²) in [6.07, 6.45) is 0. The van der Waals surface area contributed by atoms with Crippen LogP contribution in [-0.4, -0.2) is 41.9 Å². The van der Waals surface area contributed by atoms with Gasteiger partial charge in [0.2, 0.25) is 0 Å². The van der Waals surface area contributed by atoms with Crippen molar-refractivity contribution in [2.75, 3.05) is 26.2 Å². The number of amides is 1. The number of rotatable bonds is 7. The second-order valence-corrected chi connectivity index (χ2v) is 8.34. The van der Waals surface area contributed by atoms with Gasteiger partial charge >= 0.3 is 0 Å². The van der Waals surface area contributed by atoms with E-state index in [0.29, 0.717) is 5.56 Å². The molecule has 1 saturated heterocycles. The lowest BCUT2D eigenvalue weighted by atomic mass is 10.1. The number of hydrogen-bond acceptors (Lipinski definition) is 3. The zero-order chi connectivity index (χ0) is 21.5. The summed E-state index contributed by atoms with van der Waals surface area (Å²) < 4.78 is 0. The molecule has 1 fully saturated rings. The number of hydrogen-bond donors (Lipinski definition) is 1. The van der Waals surface area contributed by atoms with Gasteiger partial charge in [0.25, 0.3) is 5.91 Å². The zero-order valence-corrected chi connectivity index (χ0v) is 18.2. The molecule has 1 heterocycles. The molecule has 1 amide bonds. The van der Waals surface area contributed by atoms with E-state index in [9.17, 15) is 4.79 Å². The largest absolute Gasteiger partial charge is 0.346 e. The molecule has 4 heteroatoms. The van der Waals surface area contributed by atoms with Crippen LogP contribution < -0.4 is 5.32 Å². The van der Waals surface area contributed by atoms with Crippen LogP contribution in [0.15, 0.2) is 84.9 Å². The highest BCUT2D eigenvalue weighted by Gasteiger charge is 2.17. The van der Waals surface area contributed by atoms with Crippen molar-refractivity contribution in [3.8, 4) is 0 Å². The second kappa shape index (κ2) is 10.4. The maximum atomic E-state index is 12.6. The molecule has 1 aliphatic rings. The van der Waals surface area contributed by atoms with Gasteiger partial charge in [-0.2, -0.15) is 0 Å². The van der Waals surface area contributed by atoms with Crippen LogP contribution in [0, 0.1) is 0 Å². The van der Waals surface area contributed by atoms with Gasteiger partial charge in [-0.05, 0) is 35.7 Å². The Labute approximate surface area is 185 Å². The molecule has 160 valence electrons. The van der Waals surface area contributed by atoms with Gasteiger partial charge in [0, 0.05) is 44.8 Å². The fourth-order valence-electron chi connectivity index (χ4n) is 4.07. The number of carbonyl (C=O) groups excluding carboxylic acids is 1. The van der Waals surface area contributed by atoms with E-state index in [1.807, 2.05) is 49.4 Å². The molecule has 1 aliphatic heterocycles. The minimum atomic E-state index is -0.0302. The van der Waals surface area contributed by atoms with E-state index in [1.165, 1.54) is 11.1 Å². The highest BCUT2D eigenvalue weighted by molar-refractivity contribution is 5.94. The van der Waals surface area contributed by atoms with Crippen molar-refractivity contribution in [3.63, 3.8) is 0 Å². The Kier molecular flexibility index (Phi) is 7.13. The predicted octanol–water partition coefficient (Wildman–Crippen LogP) is 4.50. The molecule has 3 aromatic rings. The summed E-state index contributed by atoms with van der Waals surface area (Å²) in [7, 11) is 0. The second-order valence-electron chi connectivity index (χ2n) is 8.34. The van der Waals surface area contributed by atoms with Crippen LogP contribution in [0.1, 0.15) is 40.0 Å². The molecular formula is C27H31N3O. The van der Waals surface area contributed by atoms with E-state index in [0.717, 1.165) is 44.8 Å². The summed E-state index contributed by atoms with van der Waals surface area (Å²) in [4.78, 5) is 17.6. The molecule has 4 rings (SSSR count). The first-order valence-electron chi connectivity index (χ1n) is 11.1. The maximum absolute atomic E-state index is 12.6.